The van der Waals surface area contributed by atoms with Crippen molar-refractivity contribution in [3.8, 4) is 0 Å². The van der Waals surface area contributed by atoms with Gasteiger partial charge in [-0.2, -0.15) is 0 Å². The van der Waals surface area contributed by atoms with E-state index in [0.29, 0.717) is 18.7 Å². The molecule has 0 aromatic heterocycles. The fourth-order valence-corrected chi connectivity index (χ4v) is 1.98. The maximum absolute atomic E-state index is 11.9. The lowest BCUT2D eigenvalue weighted by Gasteiger charge is -2.18. The van der Waals surface area contributed by atoms with Crippen molar-refractivity contribution in [3.05, 3.63) is 28.8 Å². The van der Waals surface area contributed by atoms with E-state index in [4.69, 9.17) is 21.8 Å². The highest BCUT2D eigenvalue weighted by molar-refractivity contribution is 6.31. The van der Waals surface area contributed by atoms with E-state index in [0.717, 1.165) is 12.8 Å². The molecule has 0 aliphatic heterocycles. The average molecular weight is 315 g/mol. The number of nitrogens with zero attached hydrogens (tertiary/aromatic N) is 1. The molecule has 0 aliphatic carbocycles. The Hall–Kier alpha value is -1.79. The van der Waals surface area contributed by atoms with E-state index < -0.39 is 5.97 Å². The van der Waals surface area contributed by atoms with Gasteiger partial charge < -0.3 is 20.4 Å². The minimum Gasteiger partial charge on any atom is -0.478 e. The number of halogens is 1. The van der Waals surface area contributed by atoms with E-state index in [9.17, 15) is 9.59 Å². The van der Waals surface area contributed by atoms with Gasteiger partial charge >= 0.3 is 12.0 Å². The number of nitrogens with one attached hydrogen (secondary N) is 1. The van der Waals surface area contributed by atoms with Gasteiger partial charge in [-0.25, -0.2) is 9.59 Å². The van der Waals surface area contributed by atoms with Crippen LogP contribution in [0.4, 0.5) is 10.5 Å². The standard InChI is InChI=1S/C14H19ClN2O4/c1-17(5-3-2-4-6-18)14(21)16-12-8-10(13(19)20)7-11(15)9-12/h7-9,18H,2-6H2,1H3,(H,16,21)(H,19,20). The van der Waals surface area contributed by atoms with Crippen LogP contribution in [0.25, 0.3) is 0 Å². The number of hydrogen-bond donors (Lipinski definition) is 3. The van der Waals surface area contributed by atoms with Crippen LogP contribution in [0.5, 0.6) is 0 Å². The zero-order valence-electron chi connectivity index (χ0n) is 11.8. The molecule has 0 spiro atoms. The smallest absolute Gasteiger partial charge is 0.335 e. The first-order chi connectivity index (χ1) is 9.93. The third kappa shape index (κ3) is 6.01. The Morgan fingerprint density at radius 3 is 2.57 bits per heavy atom. The summed E-state index contributed by atoms with van der Waals surface area (Å²) in [6, 6.07) is 3.83. The van der Waals surface area contributed by atoms with Crippen molar-refractivity contribution in [2.45, 2.75) is 19.3 Å². The van der Waals surface area contributed by atoms with Gasteiger partial charge in [-0.05, 0) is 37.5 Å². The number of hydrogen-bond acceptors (Lipinski definition) is 3. The second kappa shape index (κ2) is 8.49. The van der Waals surface area contributed by atoms with Gasteiger partial charge in [0, 0.05) is 30.9 Å². The fraction of sp³-hybridized carbons (Fsp3) is 0.429. The molecular weight excluding hydrogens is 296 g/mol. The summed E-state index contributed by atoms with van der Waals surface area (Å²) in [5, 5.41) is 20.5. The maximum atomic E-state index is 11.9. The molecule has 3 N–H and O–H groups in total. The van der Waals surface area contributed by atoms with Crippen molar-refractivity contribution in [2.24, 2.45) is 0 Å². The Bertz CT molecular complexity index is 508. The van der Waals surface area contributed by atoms with Gasteiger partial charge in [-0.15, -0.1) is 0 Å². The predicted molar refractivity (Wildman–Crippen MR) is 81.0 cm³/mol. The molecular formula is C14H19ClN2O4. The molecule has 7 heteroatoms. The zero-order valence-corrected chi connectivity index (χ0v) is 12.6. The third-order valence-corrected chi connectivity index (χ3v) is 3.11. The molecule has 0 radical (unpaired) electrons. The Balaban J connectivity index is 2.59. The molecule has 0 fully saturated rings. The van der Waals surface area contributed by atoms with Crippen molar-refractivity contribution < 1.29 is 19.8 Å². The van der Waals surface area contributed by atoms with Crippen LogP contribution in [-0.4, -0.2) is 47.3 Å². The molecule has 0 saturated heterocycles. The Kier molecular flexibility index (Phi) is 6.98. The molecule has 0 atom stereocenters. The van der Waals surface area contributed by atoms with Gasteiger partial charge in [0.1, 0.15) is 0 Å². The van der Waals surface area contributed by atoms with Crippen LogP contribution in [0.15, 0.2) is 18.2 Å². The second-order valence-corrected chi connectivity index (χ2v) is 5.11. The highest BCUT2D eigenvalue weighted by atomic mass is 35.5. The molecule has 116 valence electrons. The number of unbranched alkanes of at least 4 members (excludes halogenated alkanes) is 2. The summed E-state index contributed by atoms with van der Waals surface area (Å²) in [5.74, 6) is -1.11. The normalized spacial score (nSPS) is 10.2. The highest BCUT2D eigenvalue weighted by Gasteiger charge is 2.11. The largest absolute Gasteiger partial charge is 0.478 e. The van der Waals surface area contributed by atoms with E-state index in [1.807, 2.05) is 0 Å². The number of carboxylic acid groups (broad SMARTS) is 1. The number of benzene rings is 1. The average Bonchev–Trinajstić information content (AvgIpc) is 2.42. The first kappa shape index (κ1) is 17.3. The number of carbonyl (C=O) groups is 2. The van der Waals surface area contributed by atoms with Crippen LogP contribution in [0.1, 0.15) is 29.6 Å². The number of amides is 2. The summed E-state index contributed by atoms with van der Waals surface area (Å²) >= 11 is 5.82. The summed E-state index contributed by atoms with van der Waals surface area (Å²) in [5.41, 5.74) is 0.357. The van der Waals surface area contributed by atoms with Gasteiger partial charge in [0.15, 0.2) is 0 Å². The first-order valence-corrected chi connectivity index (χ1v) is 6.98. The van der Waals surface area contributed by atoms with E-state index in [2.05, 4.69) is 5.32 Å². The maximum Gasteiger partial charge on any atom is 0.335 e. The number of anilines is 1. The van der Waals surface area contributed by atoms with Gasteiger partial charge in [-0.1, -0.05) is 11.6 Å². The quantitative estimate of drug-likeness (QED) is 0.675. The number of rotatable bonds is 7. The summed E-state index contributed by atoms with van der Waals surface area (Å²) < 4.78 is 0. The Labute approximate surface area is 128 Å². The summed E-state index contributed by atoms with van der Waals surface area (Å²) in [6.07, 6.45) is 2.35. The monoisotopic (exact) mass is 314 g/mol. The minimum atomic E-state index is -1.11. The van der Waals surface area contributed by atoms with E-state index in [-0.39, 0.29) is 23.2 Å². The molecule has 6 nitrogen and oxygen atoms in total. The van der Waals surface area contributed by atoms with Gasteiger partial charge in [-0.3, -0.25) is 0 Å². The van der Waals surface area contributed by atoms with Crippen LogP contribution >= 0.6 is 11.6 Å². The molecule has 0 saturated carbocycles. The summed E-state index contributed by atoms with van der Waals surface area (Å²) in [7, 11) is 1.65. The van der Waals surface area contributed by atoms with Crippen molar-refractivity contribution >= 4 is 29.3 Å². The molecule has 2 amide bonds. The fourth-order valence-electron chi connectivity index (χ4n) is 1.74. The van der Waals surface area contributed by atoms with E-state index in [1.165, 1.54) is 23.1 Å². The van der Waals surface area contributed by atoms with Crippen LogP contribution in [0.2, 0.25) is 5.02 Å². The molecule has 1 aromatic carbocycles. The molecule has 0 unspecified atom stereocenters. The van der Waals surface area contributed by atoms with Crippen molar-refractivity contribution in [1.29, 1.82) is 0 Å². The van der Waals surface area contributed by atoms with Gasteiger partial charge in [0.05, 0.1) is 5.56 Å². The highest BCUT2D eigenvalue weighted by Crippen LogP contribution is 2.19. The number of aliphatic hydroxyl groups excluding tert-OH is 1. The minimum absolute atomic E-state index is 0.0170. The second-order valence-electron chi connectivity index (χ2n) is 4.67. The lowest BCUT2D eigenvalue weighted by Crippen LogP contribution is -2.32. The van der Waals surface area contributed by atoms with Gasteiger partial charge in [0.25, 0.3) is 0 Å². The van der Waals surface area contributed by atoms with Crippen LogP contribution in [-0.2, 0) is 0 Å². The van der Waals surface area contributed by atoms with Crippen LogP contribution in [0.3, 0.4) is 0 Å². The topological polar surface area (TPSA) is 89.9 Å². The van der Waals surface area contributed by atoms with Crippen molar-refractivity contribution in [1.82, 2.24) is 4.90 Å². The molecule has 0 heterocycles. The zero-order chi connectivity index (χ0) is 15.8. The van der Waals surface area contributed by atoms with E-state index >= 15 is 0 Å². The van der Waals surface area contributed by atoms with Crippen molar-refractivity contribution in [2.75, 3.05) is 25.5 Å². The molecule has 0 aliphatic rings. The summed E-state index contributed by atoms with van der Waals surface area (Å²) in [6.45, 7) is 0.703. The van der Waals surface area contributed by atoms with Crippen LogP contribution in [0, 0.1) is 0 Å². The lowest BCUT2D eigenvalue weighted by atomic mass is 10.2. The number of aliphatic hydroxyl groups is 1. The SMILES string of the molecule is CN(CCCCCO)C(=O)Nc1cc(Cl)cc(C(=O)O)c1. The molecule has 1 rings (SSSR count). The first-order valence-electron chi connectivity index (χ1n) is 6.61. The third-order valence-electron chi connectivity index (χ3n) is 2.89. The van der Waals surface area contributed by atoms with Gasteiger partial charge in [0.2, 0.25) is 0 Å². The lowest BCUT2D eigenvalue weighted by molar-refractivity contribution is 0.0697. The number of aromatic carboxylic acids is 1. The Morgan fingerprint density at radius 1 is 1.24 bits per heavy atom. The molecule has 0 bridgehead atoms. The molecule has 21 heavy (non-hydrogen) atoms. The Morgan fingerprint density at radius 2 is 1.95 bits per heavy atom. The molecule has 1 aromatic rings. The summed E-state index contributed by atoms with van der Waals surface area (Å²) in [4.78, 5) is 24.4. The number of carboxylic acids is 1. The number of urea groups is 1. The number of carbonyl (C=O) groups excluding carboxylic acids is 1. The van der Waals surface area contributed by atoms with Crippen LogP contribution < -0.4 is 5.32 Å². The van der Waals surface area contributed by atoms with Crippen molar-refractivity contribution in [3.63, 3.8) is 0 Å². The predicted octanol–water partition coefficient (Wildman–Crippen LogP) is 2.66. The van der Waals surface area contributed by atoms with E-state index in [1.54, 1.807) is 7.05 Å².